The van der Waals surface area contributed by atoms with Crippen LogP contribution in [0.4, 0.5) is 4.39 Å². The van der Waals surface area contributed by atoms with E-state index in [9.17, 15) is 4.39 Å². The van der Waals surface area contributed by atoms with Crippen LogP contribution in [0.5, 0.6) is 0 Å². The standard InChI is InChI=1S/C13H16FN3/c1-9-7-11(3-4-12(9)14)13-8-17(6-5-15)10(2)16-13/h3-4,7-8H,5-6,15H2,1-2H3. The summed E-state index contributed by atoms with van der Waals surface area (Å²) in [4.78, 5) is 4.46. The number of benzene rings is 1. The van der Waals surface area contributed by atoms with Crippen molar-refractivity contribution in [3.63, 3.8) is 0 Å². The number of nitrogens with two attached hydrogens (primary N) is 1. The minimum absolute atomic E-state index is 0.188. The summed E-state index contributed by atoms with van der Waals surface area (Å²) in [7, 11) is 0. The molecule has 0 aliphatic rings. The summed E-state index contributed by atoms with van der Waals surface area (Å²) < 4.78 is 15.2. The molecule has 0 fully saturated rings. The number of imidazole rings is 1. The maximum absolute atomic E-state index is 13.2. The van der Waals surface area contributed by atoms with E-state index >= 15 is 0 Å². The zero-order valence-corrected chi connectivity index (χ0v) is 10.1. The summed E-state index contributed by atoms with van der Waals surface area (Å²) in [5.41, 5.74) is 7.95. The van der Waals surface area contributed by atoms with Gasteiger partial charge in [-0.25, -0.2) is 9.37 Å². The summed E-state index contributed by atoms with van der Waals surface area (Å²) in [5.74, 6) is 0.735. The molecule has 0 unspecified atom stereocenters. The van der Waals surface area contributed by atoms with Crippen LogP contribution in [0.25, 0.3) is 11.3 Å². The van der Waals surface area contributed by atoms with Crippen molar-refractivity contribution in [2.75, 3.05) is 6.54 Å². The van der Waals surface area contributed by atoms with E-state index in [4.69, 9.17) is 5.73 Å². The molecule has 2 N–H and O–H groups in total. The van der Waals surface area contributed by atoms with Gasteiger partial charge in [0.2, 0.25) is 0 Å². The number of hydrogen-bond donors (Lipinski definition) is 1. The number of rotatable bonds is 3. The Kier molecular flexibility index (Phi) is 3.24. The van der Waals surface area contributed by atoms with E-state index in [1.54, 1.807) is 13.0 Å². The van der Waals surface area contributed by atoms with Crippen molar-refractivity contribution in [3.8, 4) is 11.3 Å². The van der Waals surface area contributed by atoms with Gasteiger partial charge >= 0.3 is 0 Å². The number of halogens is 1. The van der Waals surface area contributed by atoms with Gasteiger partial charge in [0.05, 0.1) is 5.69 Å². The Hall–Kier alpha value is -1.68. The molecule has 1 heterocycles. The Morgan fingerprint density at radius 2 is 2.12 bits per heavy atom. The van der Waals surface area contributed by atoms with Crippen LogP contribution >= 0.6 is 0 Å². The zero-order chi connectivity index (χ0) is 12.4. The van der Waals surface area contributed by atoms with Crippen molar-refractivity contribution in [3.05, 3.63) is 41.6 Å². The van der Waals surface area contributed by atoms with Gasteiger partial charge in [-0.15, -0.1) is 0 Å². The van der Waals surface area contributed by atoms with Crippen molar-refractivity contribution >= 4 is 0 Å². The first-order valence-corrected chi connectivity index (χ1v) is 5.62. The normalized spacial score (nSPS) is 10.8. The number of hydrogen-bond acceptors (Lipinski definition) is 2. The van der Waals surface area contributed by atoms with Crippen LogP contribution in [-0.4, -0.2) is 16.1 Å². The topological polar surface area (TPSA) is 43.8 Å². The molecule has 2 aromatic rings. The molecule has 0 spiro atoms. The number of nitrogens with zero attached hydrogens (tertiary/aromatic N) is 2. The molecule has 2 rings (SSSR count). The zero-order valence-electron chi connectivity index (χ0n) is 10.1. The van der Waals surface area contributed by atoms with Gasteiger partial charge in [-0.05, 0) is 37.6 Å². The lowest BCUT2D eigenvalue weighted by atomic mass is 10.1. The number of aryl methyl sites for hydroxylation is 2. The van der Waals surface area contributed by atoms with E-state index in [1.165, 1.54) is 6.07 Å². The summed E-state index contributed by atoms with van der Waals surface area (Å²) in [6, 6.07) is 5.03. The lowest BCUT2D eigenvalue weighted by Gasteiger charge is -2.00. The summed E-state index contributed by atoms with van der Waals surface area (Å²) >= 11 is 0. The Morgan fingerprint density at radius 3 is 2.76 bits per heavy atom. The Balaban J connectivity index is 2.39. The molecular formula is C13H16FN3. The molecule has 90 valence electrons. The average molecular weight is 233 g/mol. The van der Waals surface area contributed by atoms with Gasteiger partial charge in [0.1, 0.15) is 11.6 Å². The minimum Gasteiger partial charge on any atom is -0.333 e. The van der Waals surface area contributed by atoms with Gasteiger partial charge in [-0.3, -0.25) is 0 Å². The lowest BCUT2D eigenvalue weighted by molar-refractivity contribution is 0.619. The molecule has 0 bridgehead atoms. The quantitative estimate of drug-likeness (QED) is 0.883. The van der Waals surface area contributed by atoms with Gasteiger partial charge in [0, 0.05) is 24.8 Å². The van der Waals surface area contributed by atoms with Gasteiger partial charge in [-0.2, -0.15) is 0 Å². The van der Waals surface area contributed by atoms with Crippen molar-refractivity contribution in [2.24, 2.45) is 5.73 Å². The molecule has 0 aliphatic carbocycles. The smallest absolute Gasteiger partial charge is 0.126 e. The SMILES string of the molecule is Cc1cc(-c2cn(CCN)c(C)n2)ccc1F. The fourth-order valence-electron chi connectivity index (χ4n) is 1.82. The maximum Gasteiger partial charge on any atom is 0.126 e. The third kappa shape index (κ3) is 2.36. The Bertz CT molecular complexity index is 531. The second-order valence-corrected chi connectivity index (χ2v) is 4.12. The van der Waals surface area contributed by atoms with E-state index in [0.29, 0.717) is 12.1 Å². The van der Waals surface area contributed by atoms with Crippen LogP contribution in [0, 0.1) is 19.7 Å². The monoisotopic (exact) mass is 233 g/mol. The first-order valence-electron chi connectivity index (χ1n) is 5.62. The third-order valence-electron chi connectivity index (χ3n) is 2.80. The maximum atomic E-state index is 13.2. The molecule has 17 heavy (non-hydrogen) atoms. The van der Waals surface area contributed by atoms with E-state index in [0.717, 1.165) is 23.6 Å². The largest absolute Gasteiger partial charge is 0.333 e. The van der Waals surface area contributed by atoms with Crippen LogP contribution in [0.1, 0.15) is 11.4 Å². The first kappa shape index (κ1) is 11.8. The molecule has 1 aromatic heterocycles. The molecule has 0 aliphatic heterocycles. The summed E-state index contributed by atoms with van der Waals surface area (Å²) in [5, 5.41) is 0. The average Bonchev–Trinajstić information content (AvgIpc) is 2.65. The Labute approximate surface area is 100 Å². The van der Waals surface area contributed by atoms with E-state index in [2.05, 4.69) is 4.98 Å². The molecule has 0 atom stereocenters. The first-order chi connectivity index (χ1) is 8.11. The van der Waals surface area contributed by atoms with Gasteiger partial charge < -0.3 is 10.3 Å². The van der Waals surface area contributed by atoms with Crippen LogP contribution < -0.4 is 5.73 Å². The highest BCUT2D eigenvalue weighted by Crippen LogP contribution is 2.21. The van der Waals surface area contributed by atoms with Crippen molar-refractivity contribution in [1.29, 1.82) is 0 Å². The molecule has 0 saturated carbocycles. The third-order valence-corrected chi connectivity index (χ3v) is 2.80. The predicted octanol–water partition coefficient (Wildman–Crippen LogP) is 2.26. The lowest BCUT2D eigenvalue weighted by Crippen LogP contribution is -2.10. The molecule has 3 nitrogen and oxygen atoms in total. The van der Waals surface area contributed by atoms with E-state index in [1.807, 2.05) is 23.8 Å². The molecule has 0 radical (unpaired) electrons. The van der Waals surface area contributed by atoms with Crippen LogP contribution in [0.15, 0.2) is 24.4 Å². The minimum atomic E-state index is -0.188. The molecular weight excluding hydrogens is 217 g/mol. The van der Waals surface area contributed by atoms with E-state index < -0.39 is 0 Å². The predicted molar refractivity (Wildman–Crippen MR) is 66.1 cm³/mol. The molecule has 0 saturated heterocycles. The molecule has 1 aromatic carbocycles. The highest BCUT2D eigenvalue weighted by atomic mass is 19.1. The van der Waals surface area contributed by atoms with Gasteiger partial charge in [0.15, 0.2) is 0 Å². The van der Waals surface area contributed by atoms with Crippen LogP contribution in [-0.2, 0) is 6.54 Å². The molecule has 4 heteroatoms. The van der Waals surface area contributed by atoms with Gasteiger partial charge in [-0.1, -0.05) is 0 Å². The fourth-order valence-corrected chi connectivity index (χ4v) is 1.82. The Morgan fingerprint density at radius 1 is 1.35 bits per heavy atom. The highest BCUT2D eigenvalue weighted by molar-refractivity contribution is 5.59. The van der Waals surface area contributed by atoms with Crippen molar-refractivity contribution in [1.82, 2.24) is 9.55 Å². The van der Waals surface area contributed by atoms with Crippen molar-refractivity contribution in [2.45, 2.75) is 20.4 Å². The van der Waals surface area contributed by atoms with Gasteiger partial charge in [0.25, 0.3) is 0 Å². The van der Waals surface area contributed by atoms with Crippen LogP contribution in [0.2, 0.25) is 0 Å². The van der Waals surface area contributed by atoms with Crippen LogP contribution in [0.3, 0.4) is 0 Å². The molecule has 0 amide bonds. The summed E-state index contributed by atoms with van der Waals surface area (Å²) in [6.45, 7) is 5.02. The summed E-state index contributed by atoms with van der Waals surface area (Å²) in [6.07, 6.45) is 1.95. The highest BCUT2D eigenvalue weighted by Gasteiger charge is 2.07. The fraction of sp³-hybridized carbons (Fsp3) is 0.308. The van der Waals surface area contributed by atoms with Crippen molar-refractivity contribution < 1.29 is 4.39 Å². The number of aromatic nitrogens is 2. The second kappa shape index (κ2) is 4.67. The van der Waals surface area contributed by atoms with E-state index in [-0.39, 0.29) is 5.82 Å². The second-order valence-electron chi connectivity index (χ2n) is 4.12.